The smallest absolute Gasteiger partial charge is 0.161 e. The molecule has 0 amide bonds. The summed E-state index contributed by atoms with van der Waals surface area (Å²) in [5.41, 5.74) is 6.88. The molecule has 0 spiro atoms. The normalized spacial score (nSPS) is 12.4. The topological polar surface area (TPSA) is 26.0 Å². The Morgan fingerprint density at radius 1 is 0.892 bits per heavy atom. The molecule has 0 bridgehead atoms. The fourth-order valence-corrected chi connectivity index (χ4v) is 6.59. The maximum Gasteiger partial charge on any atom is 0.161 e. The number of fused-ring (bicyclic) bond motifs is 3. The molecule has 186 valence electrons. The number of hydrogen-bond acceptors (Lipinski definition) is 3. The molecule has 3 heteroatoms. The molecular weight excluding hydrogens is 470 g/mol. The highest BCUT2D eigenvalue weighted by Crippen LogP contribution is 2.43. The molecule has 0 aliphatic rings. The summed E-state index contributed by atoms with van der Waals surface area (Å²) in [6.45, 7) is 13.6. The summed E-state index contributed by atoms with van der Waals surface area (Å²) in [5, 5.41) is 4.95. The second-order valence-corrected chi connectivity index (χ2v) is 12.7. The minimum atomic E-state index is 0.0143. The van der Waals surface area contributed by atoms with Crippen molar-refractivity contribution in [3.05, 3.63) is 89.6 Å². The number of pyridine rings is 1. The molecule has 37 heavy (non-hydrogen) atoms. The van der Waals surface area contributed by atoms with E-state index in [1.54, 1.807) is 0 Å². The molecule has 0 saturated carbocycles. The quantitative estimate of drug-likeness (QED) is 0.239. The van der Waals surface area contributed by atoms with Crippen LogP contribution in [0, 0.1) is 12.8 Å². The van der Waals surface area contributed by atoms with E-state index in [-0.39, 0.29) is 5.41 Å². The standard InChI is InChI=1S/C34H33NOS/c1-20(2)15-22-11-12-30-27(16-22)21(3)33(37-30)29-19-24-13-14-35-31(32(24)36-29)25-17-23-9-7-8-10-26(23)28(18-25)34(4,5)6/h7-14,16-20H,15H2,1-6H3. The van der Waals surface area contributed by atoms with Gasteiger partial charge in [0, 0.05) is 21.8 Å². The van der Waals surface area contributed by atoms with Crippen LogP contribution in [-0.4, -0.2) is 4.98 Å². The molecule has 3 aromatic carbocycles. The van der Waals surface area contributed by atoms with Crippen LogP contribution < -0.4 is 0 Å². The van der Waals surface area contributed by atoms with E-state index in [0.29, 0.717) is 5.92 Å². The van der Waals surface area contributed by atoms with Gasteiger partial charge >= 0.3 is 0 Å². The molecule has 0 N–H and O–H groups in total. The van der Waals surface area contributed by atoms with Crippen LogP contribution in [0.3, 0.4) is 0 Å². The van der Waals surface area contributed by atoms with Crippen LogP contribution in [0.4, 0.5) is 0 Å². The molecule has 3 aromatic heterocycles. The third-order valence-electron chi connectivity index (χ3n) is 7.25. The molecule has 0 aliphatic heterocycles. The number of furan rings is 1. The van der Waals surface area contributed by atoms with Crippen molar-refractivity contribution in [1.29, 1.82) is 0 Å². The van der Waals surface area contributed by atoms with Gasteiger partial charge in [0.25, 0.3) is 0 Å². The summed E-state index contributed by atoms with van der Waals surface area (Å²) >= 11 is 1.82. The van der Waals surface area contributed by atoms with Gasteiger partial charge in [-0.1, -0.05) is 71.0 Å². The van der Waals surface area contributed by atoms with Crippen LogP contribution >= 0.6 is 11.3 Å². The van der Waals surface area contributed by atoms with Crippen LogP contribution in [0.25, 0.3) is 53.7 Å². The number of nitrogens with zero attached hydrogens (tertiary/aromatic N) is 1. The van der Waals surface area contributed by atoms with Crippen molar-refractivity contribution >= 4 is 43.2 Å². The lowest BCUT2D eigenvalue weighted by atomic mass is 9.82. The molecule has 0 fully saturated rings. The van der Waals surface area contributed by atoms with Gasteiger partial charge in [-0.2, -0.15) is 0 Å². The zero-order valence-electron chi connectivity index (χ0n) is 22.5. The van der Waals surface area contributed by atoms with E-state index in [9.17, 15) is 0 Å². The van der Waals surface area contributed by atoms with Crippen molar-refractivity contribution in [2.75, 3.05) is 0 Å². The van der Waals surface area contributed by atoms with Crippen LogP contribution in [0.1, 0.15) is 51.3 Å². The van der Waals surface area contributed by atoms with Crippen LogP contribution in [0.5, 0.6) is 0 Å². The summed E-state index contributed by atoms with van der Waals surface area (Å²) < 4.78 is 7.94. The zero-order valence-corrected chi connectivity index (χ0v) is 23.3. The Bertz CT molecular complexity index is 1780. The van der Waals surface area contributed by atoms with Crippen molar-refractivity contribution in [3.8, 4) is 21.9 Å². The zero-order chi connectivity index (χ0) is 25.9. The number of hydrogen-bond donors (Lipinski definition) is 0. The lowest BCUT2D eigenvalue weighted by Gasteiger charge is -2.22. The number of aromatic nitrogens is 1. The summed E-state index contributed by atoms with van der Waals surface area (Å²) in [7, 11) is 0. The highest BCUT2D eigenvalue weighted by molar-refractivity contribution is 7.22. The van der Waals surface area contributed by atoms with E-state index in [2.05, 4.69) is 108 Å². The first-order valence-corrected chi connectivity index (χ1v) is 14.0. The van der Waals surface area contributed by atoms with Gasteiger partial charge in [0.15, 0.2) is 5.58 Å². The van der Waals surface area contributed by atoms with Gasteiger partial charge in [-0.25, -0.2) is 0 Å². The largest absolute Gasteiger partial charge is 0.453 e. The fraction of sp³-hybridized carbons (Fsp3) is 0.265. The predicted octanol–water partition coefficient (Wildman–Crippen LogP) is 10.3. The van der Waals surface area contributed by atoms with E-state index in [0.717, 1.165) is 34.4 Å². The summed E-state index contributed by atoms with van der Waals surface area (Å²) in [5.74, 6) is 1.57. The van der Waals surface area contributed by atoms with E-state index in [4.69, 9.17) is 9.40 Å². The first-order chi connectivity index (χ1) is 17.7. The first-order valence-electron chi connectivity index (χ1n) is 13.1. The summed E-state index contributed by atoms with van der Waals surface area (Å²) in [4.78, 5) is 6.03. The third-order valence-corrected chi connectivity index (χ3v) is 8.53. The Kier molecular flexibility index (Phi) is 5.72. The molecule has 3 heterocycles. The number of rotatable bonds is 4. The minimum Gasteiger partial charge on any atom is -0.453 e. The average Bonchev–Trinajstić information content (AvgIpc) is 3.43. The monoisotopic (exact) mass is 503 g/mol. The molecule has 6 rings (SSSR count). The fourth-order valence-electron chi connectivity index (χ4n) is 5.45. The molecule has 0 aliphatic carbocycles. The van der Waals surface area contributed by atoms with Crippen molar-refractivity contribution in [3.63, 3.8) is 0 Å². The molecule has 0 radical (unpaired) electrons. The number of thiophene rings is 1. The van der Waals surface area contributed by atoms with Gasteiger partial charge in [0.05, 0.1) is 4.88 Å². The molecule has 6 aromatic rings. The summed E-state index contributed by atoms with van der Waals surface area (Å²) in [6.07, 6.45) is 3.00. The minimum absolute atomic E-state index is 0.0143. The molecular formula is C34H33NOS. The molecule has 0 saturated heterocycles. The Labute approximate surface area is 223 Å². The van der Waals surface area contributed by atoms with Gasteiger partial charge in [0.1, 0.15) is 11.5 Å². The number of benzene rings is 3. The molecule has 2 nitrogen and oxygen atoms in total. The number of aryl methyl sites for hydroxylation is 1. The lowest BCUT2D eigenvalue weighted by Crippen LogP contribution is -2.12. The second kappa shape index (κ2) is 8.85. The summed E-state index contributed by atoms with van der Waals surface area (Å²) in [6, 6.07) is 24.3. The molecule has 0 unspecified atom stereocenters. The van der Waals surface area contributed by atoms with Crippen LogP contribution in [0.2, 0.25) is 0 Å². The van der Waals surface area contributed by atoms with Crippen LogP contribution in [0.15, 0.2) is 77.3 Å². The highest BCUT2D eigenvalue weighted by atomic mass is 32.1. The van der Waals surface area contributed by atoms with E-state index >= 15 is 0 Å². The maximum atomic E-state index is 6.63. The Hall–Kier alpha value is -3.43. The van der Waals surface area contributed by atoms with Crippen molar-refractivity contribution in [1.82, 2.24) is 4.98 Å². The van der Waals surface area contributed by atoms with Gasteiger partial charge in [-0.3, -0.25) is 4.98 Å². The molecule has 0 atom stereocenters. The van der Waals surface area contributed by atoms with Crippen molar-refractivity contribution < 1.29 is 4.42 Å². The van der Waals surface area contributed by atoms with Crippen molar-refractivity contribution in [2.24, 2.45) is 5.92 Å². The van der Waals surface area contributed by atoms with Gasteiger partial charge < -0.3 is 4.42 Å². The van der Waals surface area contributed by atoms with Gasteiger partial charge in [-0.15, -0.1) is 11.3 Å². The van der Waals surface area contributed by atoms with Crippen LogP contribution in [-0.2, 0) is 11.8 Å². The average molecular weight is 504 g/mol. The third kappa shape index (κ3) is 4.26. The Morgan fingerprint density at radius 2 is 1.70 bits per heavy atom. The van der Waals surface area contributed by atoms with Crippen molar-refractivity contribution in [2.45, 2.75) is 53.4 Å². The predicted molar refractivity (Wildman–Crippen MR) is 160 cm³/mol. The van der Waals surface area contributed by atoms with Gasteiger partial charge in [-0.05, 0) is 87.9 Å². The van der Waals surface area contributed by atoms with E-state index < -0.39 is 0 Å². The lowest BCUT2D eigenvalue weighted by molar-refractivity contribution is 0.596. The van der Waals surface area contributed by atoms with E-state index in [1.165, 1.54) is 42.4 Å². The Morgan fingerprint density at radius 3 is 2.49 bits per heavy atom. The highest BCUT2D eigenvalue weighted by Gasteiger charge is 2.21. The maximum absolute atomic E-state index is 6.63. The van der Waals surface area contributed by atoms with Gasteiger partial charge in [0.2, 0.25) is 0 Å². The SMILES string of the molecule is Cc1c(-c2cc3ccnc(-c4cc(C(C)(C)C)c5ccccc5c4)c3o2)sc2ccc(CC(C)C)cc12. The van der Waals surface area contributed by atoms with E-state index in [1.807, 2.05) is 17.5 Å². The first kappa shape index (κ1) is 23.9. The second-order valence-electron chi connectivity index (χ2n) is 11.7. The Balaban J connectivity index is 1.51.